The van der Waals surface area contributed by atoms with Crippen molar-refractivity contribution in [1.82, 2.24) is 0 Å². The third-order valence-electron chi connectivity index (χ3n) is 12.2. The van der Waals surface area contributed by atoms with E-state index in [9.17, 15) is 0 Å². The lowest BCUT2D eigenvalue weighted by atomic mass is 9.96. The lowest BCUT2D eigenvalue weighted by Crippen LogP contribution is -2.68. The van der Waals surface area contributed by atoms with Crippen LogP contribution in [0.4, 0.5) is 0 Å². The average Bonchev–Trinajstić information content (AvgIpc) is 3.33. The molecular weight excluding hydrogens is 877 g/mol. The first-order valence-corrected chi connectivity index (χ1v) is 31.7. The van der Waals surface area contributed by atoms with Crippen molar-refractivity contribution in [3.63, 3.8) is 0 Å². The zero-order chi connectivity index (χ0) is 41.2. The lowest BCUT2D eigenvalue weighted by Gasteiger charge is -2.65. The van der Waals surface area contributed by atoms with Gasteiger partial charge in [0, 0.05) is 46.8 Å². The van der Waals surface area contributed by atoms with Crippen molar-refractivity contribution in [3.8, 4) is 0 Å². The molecule has 0 saturated heterocycles. The van der Waals surface area contributed by atoms with Crippen LogP contribution in [0, 0.1) is 0 Å². The fraction of sp³-hybridized carbons (Fsp3) is 0.0769. The second-order valence-corrected chi connectivity index (χ2v) is 34.0. The second-order valence-electron chi connectivity index (χ2n) is 15.3. The Kier molecular flexibility index (Phi) is 12.2. The highest BCUT2D eigenvalue weighted by Gasteiger charge is 2.69. The minimum Gasteiger partial charge on any atom is -0.0873 e. The SMILES string of the molecule is S=P(c1ccccc1)(c1ccccc1)C1C(P(=S)(c2ccccc2)c2ccccc2)C(P(=S)(c2ccccc2)c2ccccc2)C1P(=S)(c1ccccc1)c1ccccc1. The van der Waals surface area contributed by atoms with Gasteiger partial charge in [-0.2, -0.15) is 0 Å². The summed E-state index contributed by atoms with van der Waals surface area (Å²) in [6, 6.07) is 76.8. The molecule has 0 N–H and O–H groups in total. The fourth-order valence-corrected chi connectivity index (χ4v) is 36.9. The van der Waals surface area contributed by atoms with Gasteiger partial charge >= 0.3 is 0 Å². The standard InChI is InChI=1S/C52H44P4S4/c57-53(41-25-9-1-10-26-41,42-27-11-2-12-28-42)49-50(54(58,43-29-13-3-14-30-43)44-31-15-4-16-32-44)52(56(60,47-37-21-7-22-38-47)48-39-23-8-24-40-48)51(49)55(59,45-33-17-5-18-34-45)46-35-19-6-20-36-46/h1-40,49-52H. The van der Waals surface area contributed by atoms with Gasteiger partial charge in [-0.3, -0.25) is 0 Å². The second kappa shape index (κ2) is 17.6. The normalized spacial score (nSPS) is 18.3. The molecule has 8 aromatic rings. The van der Waals surface area contributed by atoms with Gasteiger partial charge in [-0.25, -0.2) is 0 Å². The number of benzene rings is 8. The first-order chi connectivity index (χ1) is 29.3. The van der Waals surface area contributed by atoms with Gasteiger partial charge in [0.2, 0.25) is 0 Å². The number of rotatable bonds is 12. The van der Waals surface area contributed by atoms with Gasteiger partial charge in [0.15, 0.2) is 0 Å². The van der Waals surface area contributed by atoms with Crippen molar-refractivity contribution in [2.24, 2.45) is 0 Å². The molecule has 0 amide bonds. The van der Waals surface area contributed by atoms with Crippen LogP contribution in [0.25, 0.3) is 0 Å². The van der Waals surface area contributed by atoms with Gasteiger partial charge < -0.3 is 0 Å². The molecular formula is C52H44P4S4. The quantitative estimate of drug-likeness (QED) is 0.112. The summed E-state index contributed by atoms with van der Waals surface area (Å²) < 4.78 is 0. The van der Waals surface area contributed by atoms with Crippen molar-refractivity contribution < 1.29 is 0 Å². The van der Waals surface area contributed by atoms with E-state index < -0.39 is 24.2 Å². The highest BCUT2D eigenvalue weighted by molar-refractivity contribution is 8.28. The average molecular weight is 921 g/mol. The van der Waals surface area contributed by atoms with Crippen LogP contribution in [0.3, 0.4) is 0 Å². The molecule has 296 valence electrons. The lowest BCUT2D eigenvalue weighted by molar-refractivity contribution is 0.554. The Morgan fingerprint density at radius 2 is 0.283 bits per heavy atom. The van der Waals surface area contributed by atoms with E-state index in [0.29, 0.717) is 0 Å². The maximum Gasteiger partial charge on any atom is 0.0149 e. The van der Waals surface area contributed by atoms with Crippen molar-refractivity contribution in [2.45, 2.75) is 22.6 Å². The molecule has 0 atom stereocenters. The molecule has 1 fully saturated rings. The van der Waals surface area contributed by atoms with Crippen molar-refractivity contribution in [1.29, 1.82) is 0 Å². The van der Waals surface area contributed by atoms with Gasteiger partial charge in [0.05, 0.1) is 0 Å². The number of hydrogen-bond acceptors (Lipinski definition) is 4. The van der Waals surface area contributed by atoms with E-state index in [1.165, 1.54) is 42.4 Å². The van der Waals surface area contributed by atoms with E-state index in [1.54, 1.807) is 0 Å². The molecule has 0 bridgehead atoms. The molecule has 1 saturated carbocycles. The van der Waals surface area contributed by atoms with Crippen LogP contribution in [0.2, 0.25) is 0 Å². The largest absolute Gasteiger partial charge is 0.0873 e. The van der Waals surface area contributed by atoms with Crippen molar-refractivity contribution >= 4 is 114 Å². The molecule has 0 spiro atoms. The smallest absolute Gasteiger partial charge is 0.0149 e. The molecule has 0 radical (unpaired) electrons. The fourth-order valence-electron chi connectivity index (χ4n) is 9.55. The summed E-state index contributed by atoms with van der Waals surface area (Å²) in [6.07, 6.45) is 0. The van der Waals surface area contributed by atoms with Gasteiger partial charge in [-0.15, -0.1) is 0 Å². The predicted octanol–water partition coefficient (Wildman–Crippen LogP) is 10.00. The molecule has 0 aromatic heterocycles. The summed E-state index contributed by atoms with van der Waals surface area (Å²) in [4.78, 5) is 0. The van der Waals surface area contributed by atoms with Crippen molar-refractivity contribution in [2.75, 3.05) is 0 Å². The summed E-state index contributed by atoms with van der Waals surface area (Å²) in [6.45, 7) is 0. The highest BCUT2D eigenvalue weighted by Crippen LogP contribution is 2.80. The van der Waals surface area contributed by atoms with E-state index >= 15 is 0 Å². The molecule has 1 aliphatic carbocycles. The first-order valence-electron chi connectivity index (χ1n) is 20.2. The Morgan fingerprint density at radius 1 is 0.183 bits per heavy atom. The summed E-state index contributed by atoms with van der Waals surface area (Å²) in [5.41, 5.74) is -0.354. The Hall–Kier alpha value is -3.64. The van der Waals surface area contributed by atoms with E-state index in [4.69, 9.17) is 47.2 Å². The van der Waals surface area contributed by atoms with Gasteiger partial charge in [-0.05, 0) is 42.4 Å². The Morgan fingerprint density at radius 3 is 0.383 bits per heavy atom. The summed E-state index contributed by atoms with van der Waals surface area (Å²) >= 11 is 30.6. The molecule has 1 aliphatic rings. The summed E-state index contributed by atoms with van der Waals surface area (Å²) in [5.74, 6) is 0. The Bertz CT molecular complexity index is 2300. The van der Waals surface area contributed by atoms with Crippen LogP contribution < -0.4 is 42.4 Å². The minimum absolute atomic E-state index is 0.0884. The molecule has 0 aliphatic heterocycles. The van der Waals surface area contributed by atoms with Gasteiger partial charge in [-0.1, -0.05) is 290 Å². The Labute approximate surface area is 376 Å². The first kappa shape index (κ1) is 41.7. The summed E-state index contributed by atoms with van der Waals surface area (Å²) in [7, 11) is 0. The molecule has 8 aromatic carbocycles. The molecule has 8 heteroatoms. The Balaban J connectivity index is 1.50. The third-order valence-corrected chi connectivity index (χ3v) is 35.6. The summed E-state index contributed by atoms with van der Waals surface area (Å²) in [5, 5.41) is 9.58. The van der Waals surface area contributed by atoms with E-state index in [0.717, 1.165) is 0 Å². The highest BCUT2D eigenvalue weighted by atomic mass is 32.5. The van der Waals surface area contributed by atoms with Crippen molar-refractivity contribution in [3.05, 3.63) is 243 Å². The third kappa shape index (κ3) is 7.03. The monoisotopic (exact) mass is 920 g/mol. The van der Waals surface area contributed by atoms with Crippen LogP contribution in [0.5, 0.6) is 0 Å². The van der Waals surface area contributed by atoms with E-state index in [2.05, 4.69) is 243 Å². The molecule has 60 heavy (non-hydrogen) atoms. The van der Waals surface area contributed by atoms with E-state index in [-0.39, 0.29) is 22.6 Å². The molecule has 0 unspecified atom stereocenters. The predicted molar refractivity (Wildman–Crippen MR) is 281 cm³/mol. The molecule has 0 heterocycles. The maximum atomic E-state index is 7.64. The van der Waals surface area contributed by atoms with Gasteiger partial charge in [0.25, 0.3) is 0 Å². The van der Waals surface area contributed by atoms with Gasteiger partial charge in [0.1, 0.15) is 0 Å². The minimum atomic E-state index is -2.78. The van der Waals surface area contributed by atoms with Crippen LogP contribution in [-0.4, -0.2) is 22.6 Å². The topological polar surface area (TPSA) is 0 Å². The van der Waals surface area contributed by atoms with Crippen LogP contribution >= 0.6 is 24.2 Å². The van der Waals surface area contributed by atoms with Crippen LogP contribution in [-0.2, 0) is 47.2 Å². The number of hydrogen-bond donors (Lipinski definition) is 0. The van der Waals surface area contributed by atoms with Crippen LogP contribution in [0.1, 0.15) is 0 Å². The zero-order valence-corrected chi connectivity index (χ0v) is 39.7. The molecule has 9 rings (SSSR count). The maximum absolute atomic E-state index is 7.64. The zero-order valence-electron chi connectivity index (χ0n) is 32.8. The van der Waals surface area contributed by atoms with Crippen LogP contribution in [0.15, 0.2) is 243 Å². The van der Waals surface area contributed by atoms with E-state index in [1.807, 2.05) is 0 Å². The molecule has 0 nitrogen and oxygen atoms in total.